The number of halogens is 4. The second-order valence-electron chi connectivity index (χ2n) is 6.55. The molecule has 2 saturated heterocycles. The van der Waals surface area contributed by atoms with Crippen LogP contribution in [0.25, 0.3) is 0 Å². The van der Waals surface area contributed by atoms with E-state index in [0.29, 0.717) is 13.1 Å². The van der Waals surface area contributed by atoms with Crippen LogP contribution in [-0.2, 0) is 9.59 Å². The molecule has 2 rings (SSSR count). The second-order valence-corrected chi connectivity index (χ2v) is 6.55. The van der Waals surface area contributed by atoms with Crippen molar-refractivity contribution in [1.82, 2.24) is 25.8 Å². The lowest BCUT2D eigenvalue weighted by atomic mass is 10.0. The third-order valence-corrected chi connectivity index (χ3v) is 4.46. The minimum atomic E-state index is -4.48. The van der Waals surface area contributed by atoms with Crippen molar-refractivity contribution in [1.29, 1.82) is 0 Å². The average Bonchev–Trinajstić information content (AvgIpc) is 2.69. The second kappa shape index (κ2) is 8.40. The van der Waals surface area contributed by atoms with Crippen LogP contribution in [-0.4, -0.2) is 84.7 Å². The third-order valence-electron chi connectivity index (χ3n) is 4.46. The number of amides is 4. The smallest absolute Gasteiger partial charge is 0.353 e. The summed E-state index contributed by atoms with van der Waals surface area (Å²) in [6.07, 6.45) is -4.48. The molecule has 0 aromatic rings. The molecule has 0 aliphatic carbocycles. The number of alkyl halides is 3. The summed E-state index contributed by atoms with van der Waals surface area (Å²) in [5, 5.41) is 7.28. The number of carbonyl (C=O) groups excluding carboxylic acids is 3. The molecule has 2 fully saturated rings. The summed E-state index contributed by atoms with van der Waals surface area (Å²) >= 11 is 0. The summed E-state index contributed by atoms with van der Waals surface area (Å²) < 4.78 is 39.8. The molecule has 0 radical (unpaired) electrons. The molecule has 2 heterocycles. The van der Waals surface area contributed by atoms with Crippen LogP contribution >= 0.6 is 12.4 Å². The summed E-state index contributed by atoms with van der Waals surface area (Å²) in [4.78, 5) is 37.6. The van der Waals surface area contributed by atoms with E-state index in [1.54, 1.807) is 0 Å². The molecule has 2 aliphatic rings. The van der Waals surface area contributed by atoms with Crippen LogP contribution in [0.3, 0.4) is 0 Å². The molecule has 150 valence electrons. The van der Waals surface area contributed by atoms with Gasteiger partial charge < -0.3 is 15.5 Å². The van der Waals surface area contributed by atoms with Gasteiger partial charge in [0.25, 0.3) is 5.91 Å². The number of hydrogen-bond donors (Lipinski definition) is 3. The monoisotopic (exact) mass is 401 g/mol. The van der Waals surface area contributed by atoms with Gasteiger partial charge >= 0.3 is 12.2 Å². The van der Waals surface area contributed by atoms with Crippen molar-refractivity contribution in [2.75, 3.05) is 39.3 Å². The van der Waals surface area contributed by atoms with Crippen molar-refractivity contribution in [3.63, 3.8) is 0 Å². The summed E-state index contributed by atoms with van der Waals surface area (Å²) in [6, 6.07) is -2.53. The molecule has 12 heteroatoms. The van der Waals surface area contributed by atoms with E-state index in [4.69, 9.17) is 0 Å². The van der Waals surface area contributed by atoms with Crippen LogP contribution in [0.5, 0.6) is 0 Å². The van der Waals surface area contributed by atoms with Crippen molar-refractivity contribution >= 4 is 30.3 Å². The Hall–Kier alpha value is -1.59. The van der Waals surface area contributed by atoms with Gasteiger partial charge in [-0.05, 0) is 13.8 Å². The van der Waals surface area contributed by atoms with Gasteiger partial charge in [0.05, 0.1) is 0 Å². The highest BCUT2D eigenvalue weighted by atomic mass is 35.5. The zero-order valence-electron chi connectivity index (χ0n) is 14.5. The Morgan fingerprint density at radius 1 is 1.27 bits per heavy atom. The largest absolute Gasteiger partial charge is 0.405 e. The van der Waals surface area contributed by atoms with E-state index in [1.165, 1.54) is 18.7 Å². The van der Waals surface area contributed by atoms with Crippen LogP contribution in [0.15, 0.2) is 0 Å². The fourth-order valence-electron chi connectivity index (χ4n) is 2.82. The molecule has 3 N–H and O–H groups in total. The van der Waals surface area contributed by atoms with Gasteiger partial charge in [0.15, 0.2) is 0 Å². The fourth-order valence-corrected chi connectivity index (χ4v) is 2.82. The maximum Gasteiger partial charge on any atom is 0.405 e. The molecule has 8 nitrogen and oxygen atoms in total. The van der Waals surface area contributed by atoms with E-state index in [2.05, 4.69) is 16.0 Å². The van der Waals surface area contributed by atoms with Gasteiger partial charge in [-0.1, -0.05) is 0 Å². The zero-order chi connectivity index (χ0) is 18.8. The maximum absolute atomic E-state index is 13.3. The quantitative estimate of drug-likeness (QED) is 0.550. The van der Waals surface area contributed by atoms with Crippen molar-refractivity contribution in [2.45, 2.75) is 31.6 Å². The summed E-state index contributed by atoms with van der Waals surface area (Å²) in [7, 11) is 0. The fraction of sp³-hybridized carbons (Fsp3) is 0.786. The first-order chi connectivity index (χ1) is 11.5. The Morgan fingerprint density at radius 3 is 2.31 bits per heavy atom. The molecule has 0 spiro atoms. The molecular formula is C14H23ClF3N5O3. The highest BCUT2D eigenvalue weighted by molar-refractivity contribution is 6.07. The number of nitrogens with one attached hydrogen (secondary N) is 3. The van der Waals surface area contributed by atoms with E-state index >= 15 is 0 Å². The topological polar surface area (TPSA) is 93.8 Å². The molecule has 0 aromatic heterocycles. The lowest BCUT2D eigenvalue weighted by Gasteiger charge is -2.36. The third kappa shape index (κ3) is 4.98. The minimum absolute atomic E-state index is 0. The van der Waals surface area contributed by atoms with Gasteiger partial charge in [0.1, 0.15) is 18.1 Å². The van der Waals surface area contributed by atoms with Gasteiger partial charge in [-0.25, -0.2) is 4.79 Å². The molecule has 1 atom stereocenters. The van der Waals surface area contributed by atoms with Crippen LogP contribution < -0.4 is 16.0 Å². The van der Waals surface area contributed by atoms with E-state index in [-0.39, 0.29) is 25.5 Å². The van der Waals surface area contributed by atoms with Gasteiger partial charge in [0, 0.05) is 32.7 Å². The minimum Gasteiger partial charge on any atom is -0.353 e. The Balaban J connectivity index is 0.00000338. The molecule has 26 heavy (non-hydrogen) atoms. The van der Waals surface area contributed by atoms with Crippen molar-refractivity contribution in [2.24, 2.45) is 0 Å². The summed E-state index contributed by atoms with van der Waals surface area (Å²) in [5.41, 5.74) is -1.23. The van der Waals surface area contributed by atoms with E-state index in [1.807, 2.05) is 0 Å². The predicted octanol–water partition coefficient (Wildman–Crippen LogP) is -0.309. The van der Waals surface area contributed by atoms with Crippen LogP contribution in [0.4, 0.5) is 18.0 Å². The van der Waals surface area contributed by atoms with Crippen LogP contribution in [0.1, 0.15) is 13.8 Å². The number of carbonyl (C=O) groups is 3. The van der Waals surface area contributed by atoms with E-state index < -0.39 is 48.7 Å². The molecular weight excluding hydrogens is 379 g/mol. The average molecular weight is 402 g/mol. The normalized spacial score (nSPS) is 21.8. The first-order valence-electron chi connectivity index (χ1n) is 7.94. The van der Waals surface area contributed by atoms with Crippen molar-refractivity contribution < 1.29 is 27.6 Å². The Morgan fingerprint density at radius 2 is 1.85 bits per heavy atom. The van der Waals surface area contributed by atoms with Gasteiger partial charge in [-0.3, -0.25) is 19.8 Å². The number of imide groups is 1. The Labute approximate surface area is 155 Å². The Bertz CT molecular complexity index is 552. The van der Waals surface area contributed by atoms with Crippen LogP contribution in [0, 0.1) is 0 Å². The van der Waals surface area contributed by atoms with Gasteiger partial charge in [0.2, 0.25) is 5.91 Å². The molecule has 4 amide bonds. The van der Waals surface area contributed by atoms with E-state index in [0.717, 1.165) is 4.90 Å². The Kier molecular flexibility index (Phi) is 7.25. The first kappa shape index (κ1) is 22.5. The number of nitrogens with zero attached hydrogens (tertiary/aromatic N) is 2. The van der Waals surface area contributed by atoms with Crippen LogP contribution in [0.2, 0.25) is 0 Å². The highest BCUT2D eigenvalue weighted by Gasteiger charge is 2.47. The number of piperazine rings is 1. The SMILES string of the molecule is CC1(C)C(=O)NC(=O)N1CC(=O)NCC(N1CCNCC1)C(F)(F)F.Cl. The van der Waals surface area contributed by atoms with E-state index in [9.17, 15) is 27.6 Å². The molecule has 2 aliphatic heterocycles. The molecule has 0 saturated carbocycles. The van der Waals surface area contributed by atoms with Gasteiger partial charge in [-0.2, -0.15) is 13.2 Å². The predicted molar refractivity (Wildman–Crippen MR) is 88.9 cm³/mol. The van der Waals surface area contributed by atoms with Crippen molar-refractivity contribution in [3.05, 3.63) is 0 Å². The standard InChI is InChI=1S/C14H22F3N5O3.ClH/c1-13(2)11(24)20-12(25)22(13)8-10(23)19-7-9(14(15,16)17)21-5-3-18-4-6-21;/h9,18H,3-8H2,1-2H3,(H,19,23)(H,20,24,25);1H. The highest BCUT2D eigenvalue weighted by Crippen LogP contribution is 2.25. The number of urea groups is 1. The molecule has 1 unspecified atom stereocenters. The molecule has 0 aromatic carbocycles. The summed E-state index contributed by atoms with van der Waals surface area (Å²) in [5.74, 6) is -1.30. The maximum atomic E-state index is 13.3. The lowest BCUT2D eigenvalue weighted by molar-refractivity contribution is -0.184. The first-order valence-corrected chi connectivity index (χ1v) is 7.94. The lowest BCUT2D eigenvalue weighted by Crippen LogP contribution is -2.58. The van der Waals surface area contributed by atoms with Crippen molar-refractivity contribution in [3.8, 4) is 0 Å². The van der Waals surface area contributed by atoms with Gasteiger partial charge in [-0.15, -0.1) is 12.4 Å². The zero-order valence-corrected chi connectivity index (χ0v) is 15.3. The number of rotatable bonds is 5. The summed E-state index contributed by atoms with van der Waals surface area (Å²) in [6.45, 7) is 3.18. The number of hydrogen-bond acceptors (Lipinski definition) is 5. The molecule has 0 bridgehead atoms.